The minimum absolute atomic E-state index is 0.231. The summed E-state index contributed by atoms with van der Waals surface area (Å²) in [7, 11) is 1.33. The van der Waals surface area contributed by atoms with Crippen molar-refractivity contribution in [2.45, 2.75) is 45.3 Å². The highest BCUT2D eigenvalue weighted by atomic mass is 16.6. The monoisotopic (exact) mass is 269 g/mol. The molecule has 2 atom stereocenters. The van der Waals surface area contributed by atoms with E-state index in [2.05, 4.69) is 6.58 Å². The molecule has 1 fully saturated rings. The molecule has 5 nitrogen and oxygen atoms in total. The minimum atomic E-state index is -0.575. The maximum absolute atomic E-state index is 12.1. The standard InChI is InChI=1S/C14H23NO4/c1-6-7-10-8-11(12(16)18-5)15(9-10)13(17)19-14(2,3)4/h6,10-11H,1,7-9H2,2-5H3. The third kappa shape index (κ3) is 4.26. The molecule has 1 aliphatic heterocycles. The molecule has 0 aliphatic carbocycles. The van der Waals surface area contributed by atoms with Gasteiger partial charge in [-0.1, -0.05) is 6.08 Å². The summed E-state index contributed by atoms with van der Waals surface area (Å²) < 4.78 is 10.1. The normalized spacial score (nSPS) is 23.1. The smallest absolute Gasteiger partial charge is 0.411 e. The van der Waals surface area contributed by atoms with E-state index in [1.54, 1.807) is 26.8 Å². The molecule has 108 valence electrons. The Morgan fingerprint density at radius 2 is 2.05 bits per heavy atom. The third-order valence-electron chi connectivity index (χ3n) is 2.99. The Balaban J connectivity index is 2.79. The Morgan fingerprint density at radius 3 is 2.53 bits per heavy atom. The quantitative estimate of drug-likeness (QED) is 0.583. The van der Waals surface area contributed by atoms with Gasteiger partial charge < -0.3 is 9.47 Å². The van der Waals surface area contributed by atoms with Crippen molar-refractivity contribution in [2.24, 2.45) is 5.92 Å². The van der Waals surface area contributed by atoms with Crippen molar-refractivity contribution < 1.29 is 19.1 Å². The number of rotatable bonds is 3. The minimum Gasteiger partial charge on any atom is -0.467 e. The van der Waals surface area contributed by atoms with Crippen molar-refractivity contribution in [3.05, 3.63) is 12.7 Å². The Labute approximate surface area is 114 Å². The Bertz CT molecular complexity index is 359. The van der Waals surface area contributed by atoms with Crippen LogP contribution < -0.4 is 0 Å². The summed E-state index contributed by atoms with van der Waals surface area (Å²) in [6.07, 6.45) is 2.71. The molecule has 0 spiro atoms. The molecular weight excluding hydrogens is 246 g/mol. The molecule has 0 aromatic rings. The van der Waals surface area contributed by atoms with E-state index < -0.39 is 23.7 Å². The van der Waals surface area contributed by atoms with Gasteiger partial charge in [-0.15, -0.1) is 6.58 Å². The van der Waals surface area contributed by atoms with Gasteiger partial charge in [-0.25, -0.2) is 9.59 Å². The van der Waals surface area contributed by atoms with E-state index in [0.29, 0.717) is 13.0 Å². The lowest BCUT2D eigenvalue weighted by atomic mass is 10.0. The van der Waals surface area contributed by atoms with Gasteiger partial charge in [0.1, 0.15) is 11.6 Å². The topological polar surface area (TPSA) is 55.8 Å². The van der Waals surface area contributed by atoms with Gasteiger partial charge in [0.2, 0.25) is 0 Å². The lowest BCUT2D eigenvalue weighted by Gasteiger charge is -2.27. The fraction of sp³-hybridized carbons (Fsp3) is 0.714. The number of hydrogen-bond donors (Lipinski definition) is 0. The number of ether oxygens (including phenoxy) is 2. The second-order valence-electron chi connectivity index (χ2n) is 5.80. The van der Waals surface area contributed by atoms with Gasteiger partial charge in [-0.05, 0) is 39.5 Å². The lowest BCUT2D eigenvalue weighted by molar-refractivity contribution is -0.145. The molecule has 2 unspecified atom stereocenters. The number of carbonyl (C=O) groups excluding carboxylic acids is 2. The summed E-state index contributed by atoms with van der Waals surface area (Å²) in [5.41, 5.74) is -0.575. The fourth-order valence-electron chi connectivity index (χ4n) is 2.21. The SMILES string of the molecule is C=CCC1CC(C(=O)OC)N(C(=O)OC(C)(C)C)C1. The zero-order valence-corrected chi connectivity index (χ0v) is 12.1. The second-order valence-corrected chi connectivity index (χ2v) is 5.80. The van der Waals surface area contributed by atoms with Crippen molar-refractivity contribution >= 4 is 12.1 Å². The van der Waals surface area contributed by atoms with Gasteiger partial charge in [0, 0.05) is 6.54 Å². The summed E-state index contributed by atoms with van der Waals surface area (Å²) in [6, 6.07) is -0.551. The number of methoxy groups -OCH3 is 1. The van der Waals surface area contributed by atoms with Crippen LogP contribution in [0.5, 0.6) is 0 Å². The molecule has 1 heterocycles. The van der Waals surface area contributed by atoms with Crippen LogP contribution in [0.15, 0.2) is 12.7 Å². The third-order valence-corrected chi connectivity index (χ3v) is 2.99. The van der Waals surface area contributed by atoms with E-state index in [0.717, 1.165) is 6.42 Å². The Morgan fingerprint density at radius 1 is 1.42 bits per heavy atom. The molecule has 0 aromatic heterocycles. The first-order valence-corrected chi connectivity index (χ1v) is 6.47. The first-order valence-electron chi connectivity index (χ1n) is 6.47. The summed E-state index contributed by atoms with van der Waals surface area (Å²) in [4.78, 5) is 25.3. The molecule has 1 aliphatic rings. The second kappa shape index (κ2) is 6.08. The van der Waals surface area contributed by atoms with Crippen LogP contribution in [0, 0.1) is 5.92 Å². The van der Waals surface area contributed by atoms with Crippen LogP contribution in [0.3, 0.4) is 0 Å². The van der Waals surface area contributed by atoms with Gasteiger partial charge in [0.15, 0.2) is 0 Å². The number of hydrogen-bond acceptors (Lipinski definition) is 4. The highest BCUT2D eigenvalue weighted by molar-refractivity contribution is 5.82. The average molecular weight is 269 g/mol. The maximum atomic E-state index is 12.1. The number of carbonyl (C=O) groups is 2. The predicted octanol–water partition coefficient (Wildman–Crippen LogP) is 2.36. The van der Waals surface area contributed by atoms with Gasteiger partial charge in [-0.2, -0.15) is 0 Å². The Kier molecular flexibility index (Phi) is 4.97. The van der Waals surface area contributed by atoms with Gasteiger partial charge in [0.25, 0.3) is 0 Å². The number of esters is 1. The highest BCUT2D eigenvalue weighted by Gasteiger charge is 2.41. The molecule has 0 radical (unpaired) electrons. The fourth-order valence-corrected chi connectivity index (χ4v) is 2.21. The molecule has 0 aromatic carbocycles. The molecule has 1 amide bonds. The molecule has 19 heavy (non-hydrogen) atoms. The van der Waals surface area contributed by atoms with Gasteiger partial charge in [0.05, 0.1) is 7.11 Å². The number of amides is 1. The first kappa shape index (κ1) is 15.5. The van der Waals surface area contributed by atoms with Crippen molar-refractivity contribution in [3.8, 4) is 0 Å². The molecule has 1 rings (SSSR count). The molecule has 0 N–H and O–H groups in total. The summed E-state index contributed by atoms with van der Waals surface area (Å²) in [5.74, 6) is -0.161. The van der Waals surface area contributed by atoms with E-state index in [4.69, 9.17) is 9.47 Å². The van der Waals surface area contributed by atoms with E-state index in [9.17, 15) is 9.59 Å². The van der Waals surface area contributed by atoms with Crippen LogP contribution in [0.2, 0.25) is 0 Å². The number of nitrogens with zero attached hydrogens (tertiary/aromatic N) is 1. The van der Waals surface area contributed by atoms with Crippen LogP contribution in [-0.4, -0.2) is 42.3 Å². The number of allylic oxidation sites excluding steroid dienone is 1. The zero-order chi connectivity index (χ0) is 14.6. The van der Waals surface area contributed by atoms with E-state index in [1.165, 1.54) is 12.0 Å². The molecule has 5 heteroatoms. The predicted molar refractivity (Wildman–Crippen MR) is 71.7 cm³/mol. The largest absolute Gasteiger partial charge is 0.467 e. The van der Waals surface area contributed by atoms with E-state index >= 15 is 0 Å². The van der Waals surface area contributed by atoms with Crippen LogP contribution in [0.1, 0.15) is 33.6 Å². The van der Waals surface area contributed by atoms with Crippen LogP contribution >= 0.6 is 0 Å². The van der Waals surface area contributed by atoms with Crippen LogP contribution in [0.4, 0.5) is 4.79 Å². The summed E-state index contributed by atoms with van der Waals surface area (Å²) >= 11 is 0. The Hall–Kier alpha value is -1.52. The molecule has 1 saturated heterocycles. The average Bonchev–Trinajstić information content (AvgIpc) is 2.70. The van der Waals surface area contributed by atoms with Gasteiger partial charge in [-0.3, -0.25) is 4.90 Å². The lowest BCUT2D eigenvalue weighted by Crippen LogP contribution is -2.43. The van der Waals surface area contributed by atoms with Crippen molar-refractivity contribution in [1.29, 1.82) is 0 Å². The first-order chi connectivity index (χ1) is 8.78. The maximum Gasteiger partial charge on any atom is 0.411 e. The number of likely N-dealkylation sites (tertiary alicyclic amines) is 1. The summed E-state index contributed by atoms with van der Waals surface area (Å²) in [5, 5.41) is 0. The van der Waals surface area contributed by atoms with E-state index in [1.807, 2.05) is 0 Å². The molecular formula is C14H23NO4. The molecule has 0 saturated carbocycles. The van der Waals surface area contributed by atoms with E-state index in [-0.39, 0.29) is 5.92 Å². The highest BCUT2D eigenvalue weighted by Crippen LogP contribution is 2.28. The van der Waals surface area contributed by atoms with Crippen molar-refractivity contribution in [1.82, 2.24) is 4.90 Å². The zero-order valence-electron chi connectivity index (χ0n) is 12.1. The van der Waals surface area contributed by atoms with Crippen molar-refractivity contribution in [2.75, 3.05) is 13.7 Å². The van der Waals surface area contributed by atoms with Crippen LogP contribution in [0.25, 0.3) is 0 Å². The summed E-state index contributed by atoms with van der Waals surface area (Å²) in [6.45, 7) is 9.60. The van der Waals surface area contributed by atoms with Crippen LogP contribution in [-0.2, 0) is 14.3 Å². The van der Waals surface area contributed by atoms with Crippen molar-refractivity contribution in [3.63, 3.8) is 0 Å². The van der Waals surface area contributed by atoms with Gasteiger partial charge >= 0.3 is 12.1 Å². The molecule has 0 bridgehead atoms.